The molecule has 1 aliphatic rings. The molecule has 1 aliphatic heterocycles. The van der Waals surface area contributed by atoms with Crippen LogP contribution in [0.2, 0.25) is 0 Å². The highest BCUT2D eigenvalue weighted by atomic mass is 16.3. The van der Waals surface area contributed by atoms with Gasteiger partial charge in [0.15, 0.2) is 0 Å². The fraction of sp³-hybridized carbons (Fsp3) is 0.276. The summed E-state index contributed by atoms with van der Waals surface area (Å²) in [6, 6.07) is 25.7. The van der Waals surface area contributed by atoms with Crippen LogP contribution in [0.15, 0.2) is 84.9 Å². The Morgan fingerprint density at radius 2 is 1.85 bits per heavy atom. The topological polar surface area (TPSA) is 52.6 Å². The van der Waals surface area contributed by atoms with Crippen LogP contribution in [0.25, 0.3) is 6.08 Å². The highest BCUT2D eigenvalue weighted by Crippen LogP contribution is 2.29. The summed E-state index contributed by atoms with van der Waals surface area (Å²) in [6.45, 7) is 3.33. The Bertz CT molecular complexity index is 1080. The maximum absolute atomic E-state index is 12.9. The van der Waals surface area contributed by atoms with E-state index in [1.165, 1.54) is 11.1 Å². The van der Waals surface area contributed by atoms with Gasteiger partial charge >= 0.3 is 0 Å². The molecule has 0 saturated carbocycles. The smallest absolute Gasteiger partial charge is 0.251 e. The van der Waals surface area contributed by atoms with Crippen LogP contribution in [0.3, 0.4) is 0 Å². The minimum Gasteiger partial charge on any atom is -0.508 e. The van der Waals surface area contributed by atoms with Gasteiger partial charge in [-0.05, 0) is 66.6 Å². The average Bonchev–Trinajstić information content (AvgIpc) is 2.85. The Hall–Kier alpha value is -3.37. The second kappa shape index (κ2) is 11.5. The van der Waals surface area contributed by atoms with Crippen molar-refractivity contribution in [2.45, 2.75) is 31.7 Å². The molecular formula is C29H32N2O2. The number of phenolic OH excluding ortho intramolecular Hbond substituents is 1. The van der Waals surface area contributed by atoms with E-state index in [1.807, 2.05) is 48.5 Å². The minimum atomic E-state index is -0.0137. The Labute approximate surface area is 196 Å². The fourth-order valence-corrected chi connectivity index (χ4v) is 4.52. The van der Waals surface area contributed by atoms with Crippen molar-refractivity contribution in [3.63, 3.8) is 0 Å². The summed E-state index contributed by atoms with van der Waals surface area (Å²) in [5.41, 5.74) is 4.17. The van der Waals surface area contributed by atoms with E-state index in [0.717, 1.165) is 50.0 Å². The maximum atomic E-state index is 12.9. The van der Waals surface area contributed by atoms with Gasteiger partial charge in [-0.3, -0.25) is 9.69 Å². The van der Waals surface area contributed by atoms with Gasteiger partial charge in [0, 0.05) is 25.2 Å². The largest absolute Gasteiger partial charge is 0.508 e. The number of nitrogens with zero attached hydrogens (tertiary/aromatic N) is 1. The lowest BCUT2D eigenvalue weighted by Gasteiger charge is -2.33. The maximum Gasteiger partial charge on any atom is 0.251 e. The van der Waals surface area contributed by atoms with Crippen LogP contribution in [0.1, 0.15) is 52.2 Å². The first kappa shape index (κ1) is 22.8. The second-order valence-corrected chi connectivity index (χ2v) is 8.68. The molecule has 3 aromatic carbocycles. The average molecular weight is 441 g/mol. The van der Waals surface area contributed by atoms with Crippen molar-refractivity contribution in [1.29, 1.82) is 0 Å². The first-order valence-corrected chi connectivity index (χ1v) is 11.8. The van der Waals surface area contributed by atoms with Gasteiger partial charge in [0.2, 0.25) is 0 Å². The van der Waals surface area contributed by atoms with Gasteiger partial charge in [0.1, 0.15) is 5.75 Å². The van der Waals surface area contributed by atoms with Crippen LogP contribution in [0.4, 0.5) is 0 Å². The number of nitrogens with one attached hydrogen (secondary N) is 1. The molecule has 2 N–H and O–H groups in total. The molecule has 1 fully saturated rings. The number of hydrogen-bond acceptors (Lipinski definition) is 3. The van der Waals surface area contributed by atoms with E-state index in [4.69, 9.17) is 0 Å². The lowest BCUT2D eigenvalue weighted by atomic mass is 9.90. The molecule has 0 spiro atoms. The van der Waals surface area contributed by atoms with Gasteiger partial charge in [0.25, 0.3) is 5.91 Å². The molecule has 1 amide bonds. The third-order valence-electron chi connectivity index (χ3n) is 6.21. The molecule has 3 aromatic rings. The molecule has 1 saturated heterocycles. The van der Waals surface area contributed by atoms with Crippen LogP contribution >= 0.6 is 0 Å². The highest BCUT2D eigenvalue weighted by Gasteiger charge is 2.23. The number of piperidine rings is 1. The zero-order valence-corrected chi connectivity index (χ0v) is 19.0. The minimum absolute atomic E-state index is 0.0137. The van der Waals surface area contributed by atoms with Crippen LogP contribution in [-0.2, 0) is 6.54 Å². The number of phenols is 1. The molecule has 0 aliphatic carbocycles. The molecule has 1 unspecified atom stereocenters. The lowest BCUT2D eigenvalue weighted by Crippen LogP contribution is -2.35. The predicted octanol–water partition coefficient (Wildman–Crippen LogP) is 5.61. The molecule has 0 radical (unpaired) electrons. The van der Waals surface area contributed by atoms with Gasteiger partial charge in [-0.15, -0.1) is 0 Å². The van der Waals surface area contributed by atoms with Crippen LogP contribution < -0.4 is 5.32 Å². The molecule has 33 heavy (non-hydrogen) atoms. The van der Waals surface area contributed by atoms with Crippen LogP contribution in [-0.4, -0.2) is 35.5 Å². The van der Waals surface area contributed by atoms with E-state index in [1.54, 1.807) is 6.07 Å². The summed E-state index contributed by atoms with van der Waals surface area (Å²) < 4.78 is 0. The van der Waals surface area contributed by atoms with Crippen molar-refractivity contribution in [2.24, 2.45) is 0 Å². The molecule has 0 bridgehead atoms. The van der Waals surface area contributed by atoms with Gasteiger partial charge in [0.05, 0.1) is 0 Å². The van der Waals surface area contributed by atoms with Gasteiger partial charge in [-0.25, -0.2) is 0 Å². The summed E-state index contributed by atoms with van der Waals surface area (Å²) in [4.78, 5) is 15.3. The predicted molar refractivity (Wildman–Crippen MR) is 134 cm³/mol. The van der Waals surface area contributed by atoms with Crippen LogP contribution in [0.5, 0.6) is 5.75 Å². The fourth-order valence-electron chi connectivity index (χ4n) is 4.52. The summed E-state index contributed by atoms with van der Waals surface area (Å²) in [5.74, 6) is 0.716. The van der Waals surface area contributed by atoms with E-state index < -0.39 is 0 Å². The number of carbonyl (C=O) groups excluding carboxylic acids is 1. The van der Waals surface area contributed by atoms with Crippen molar-refractivity contribution in [1.82, 2.24) is 10.2 Å². The number of benzene rings is 3. The normalized spacial score (nSPS) is 16.7. The number of amides is 1. The molecule has 1 heterocycles. The zero-order chi connectivity index (χ0) is 22.9. The summed E-state index contributed by atoms with van der Waals surface area (Å²) in [6.07, 6.45) is 7.21. The number of likely N-dealkylation sites (tertiary alicyclic amines) is 1. The van der Waals surface area contributed by atoms with Gasteiger partial charge in [-0.2, -0.15) is 0 Å². The molecule has 170 valence electrons. The molecule has 4 heteroatoms. The second-order valence-electron chi connectivity index (χ2n) is 8.68. The summed E-state index contributed by atoms with van der Waals surface area (Å²) >= 11 is 0. The summed E-state index contributed by atoms with van der Waals surface area (Å²) in [7, 11) is 0. The molecule has 0 aromatic heterocycles. The van der Waals surface area contributed by atoms with Crippen molar-refractivity contribution < 1.29 is 9.90 Å². The van der Waals surface area contributed by atoms with Crippen LogP contribution in [0, 0.1) is 0 Å². The van der Waals surface area contributed by atoms with Gasteiger partial charge < -0.3 is 10.4 Å². The third-order valence-corrected chi connectivity index (χ3v) is 6.21. The van der Waals surface area contributed by atoms with Crippen molar-refractivity contribution in [3.8, 4) is 5.75 Å². The Morgan fingerprint density at radius 3 is 2.70 bits per heavy atom. The zero-order valence-electron chi connectivity index (χ0n) is 19.0. The van der Waals surface area contributed by atoms with E-state index in [-0.39, 0.29) is 5.91 Å². The van der Waals surface area contributed by atoms with Crippen molar-refractivity contribution >= 4 is 12.0 Å². The lowest BCUT2D eigenvalue weighted by molar-refractivity contribution is 0.0951. The number of rotatable bonds is 8. The first-order chi connectivity index (χ1) is 16.2. The van der Waals surface area contributed by atoms with Crippen molar-refractivity contribution in [3.05, 3.63) is 107 Å². The molecule has 1 atom stereocenters. The Balaban J connectivity index is 1.33. The number of aromatic hydroxyl groups is 1. The van der Waals surface area contributed by atoms with E-state index >= 15 is 0 Å². The Kier molecular flexibility index (Phi) is 7.94. The monoisotopic (exact) mass is 440 g/mol. The van der Waals surface area contributed by atoms with E-state index in [0.29, 0.717) is 18.2 Å². The Morgan fingerprint density at radius 1 is 1.03 bits per heavy atom. The molecule has 4 rings (SSSR count). The van der Waals surface area contributed by atoms with Gasteiger partial charge in [-0.1, -0.05) is 72.8 Å². The molecule has 4 nitrogen and oxygen atoms in total. The third kappa shape index (κ3) is 6.56. The number of hydrogen-bond donors (Lipinski definition) is 2. The van der Waals surface area contributed by atoms with E-state index in [9.17, 15) is 9.90 Å². The number of carbonyl (C=O) groups is 1. The highest BCUT2D eigenvalue weighted by molar-refractivity contribution is 5.95. The standard InChI is InChI=1S/C29H32N2O2/c32-27-16-8-14-24(20-27)25-15-9-19-31(21-25)22-26-13-4-5-17-28(26)29(33)30-18-7-6-12-23-10-2-1-3-11-23/h1-6,8,10-14,16-17,20,25,32H,7,9,15,18-19,21-22H2,(H,30,33)/b12-6+. The van der Waals surface area contributed by atoms with Crippen molar-refractivity contribution in [2.75, 3.05) is 19.6 Å². The SMILES string of the molecule is O=C(NCC/C=C/c1ccccc1)c1ccccc1CN1CCCC(c2cccc(O)c2)C1. The molecular weight excluding hydrogens is 408 g/mol. The van der Waals surface area contributed by atoms with E-state index in [2.05, 4.69) is 46.6 Å². The first-order valence-electron chi connectivity index (χ1n) is 11.8. The quantitative estimate of drug-likeness (QED) is 0.448. The summed E-state index contributed by atoms with van der Waals surface area (Å²) in [5, 5.41) is 12.9.